The molecule has 0 aliphatic heterocycles. The van der Waals surface area contributed by atoms with E-state index in [4.69, 9.17) is 23.2 Å². The van der Waals surface area contributed by atoms with Crippen molar-refractivity contribution in [2.75, 3.05) is 16.7 Å². The Balaban J connectivity index is 1.89. The van der Waals surface area contributed by atoms with E-state index in [9.17, 15) is 13.2 Å². The van der Waals surface area contributed by atoms with Gasteiger partial charge in [0.1, 0.15) is 0 Å². The summed E-state index contributed by atoms with van der Waals surface area (Å²) in [4.78, 5) is 12.6. The molecule has 0 aliphatic carbocycles. The molecular weight excluding hydrogens is 431 g/mol. The molecule has 3 rings (SSSR count). The number of anilines is 2. The van der Waals surface area contributed by atoms with E-state index >= 15 is 0 Å². The number of nitrogens with one attached hydrogen (secondary N) is 1. The third-order valence-electron chi connectivity index (χ3n) is 4.24. The first-order valence-electron chi connectivity index (χ1n) is 8.60. The summed E-state index contributed by atoms with van der Waals surface area (Å²) in [6.07, 6.45) is 0. The van der Waals surface area contributed by atoms with Gasteiger partial charge in [-0.05, 0) is 61.0 Å². The van der Waals surface area contributed by atoms with Gasteiger partial charge in [0, 0.05) is 28.3 Å². The standard InChI is InChI=1S/C21H18Cl2N2O3S/c1-14-5-3-7-19(9-14)25(2)29(27,28)20-8-4-6-15(10-20)21(26)24-18-12-16(22)11-17(23)13-18/h3-13H,1-2H3,(H,24,26). The first-order chi connectivity index (χ1) is 13.7. The summed E-state index contributed by atoms with van der Waals surface area (Å²) in [5, 5.41) is 3.43. The van der Waals surface area contributed by atoms with Gasteiger partial charge in [0.15, 0.2) is 0 Å². The highest BCUT2D eigenvalue weighted by atomic mass is 35.5. The minimum Gasteiger partial charge on any atom is -0.322 e. The molecule has 29 heavy (non-hydrogen) atoms. The lowest BCUT2D eigenvalue weighted by Gasteiger charge is -2.20. The SMILES string of the molecule is Cc1cccc(N(C)S(=O)(=O)c2cccc(C(=O)Nc3cc(Cl)cc(Cl)c3)c2)c1. The molecule has 0 radical (unpaired) electrons. The molecule has 0 spiro atoms. The number of benzene rings is 3. The molecular formula is C21H18Cl2N2O3S. The van der Waals surface area contributed by atoms with Crippen LogP contribution in [0.15, 0.2) is 71.6 Å². The van der Waals surface area contributed by atoms with Crippen LogP contribution in [-0.4, -0.2) is 21.4 Å². The molecule has 5 nitrogen and oxygen atoms in total. The Morgan fingerprint density at radius 1 is 0.931 bits per heavy atom. The van der Waals surface area contributed by atoms with Crippen LogP contribution < -0.4 is 9.62 Å². The van der Waals surface area contributed by atoms with E-state index in [2.05, 4.69) is 5.32 Å². The van der Waals surface area contributed by atoms with Crippen LogP contribution in [0.2, 0.25) is 10.0 Å². The highest BCUT2D eigenvalue weighted by Crippen LogP contribution is 2.25. The topological polar surface area (TPSA) is 66.5 Å². The lowest BCUT2D eigenvalue weighted by atomic mass is 10.2. The minimum absolute atomic E-state index is 0.0123. The highest BCUT2D eigenvalue weighted by Gasteiger charge is 2.22. The van der Waals surface area contributed by atoms with Gasteiger partial charge in [-0.2, -0.15) is 0 Å². The first kappa shape index (κ1) is 21.2. The number of amides is 1. The Bertz CT molecular complexity index is 1160. The number of carbonyl (C=O) groups is 1. The number of carbonyl (C=O) groups excluding carboxylic acids is 1. The lowest BCUT2D eigenvalue weighted by Crippen LogP contribution is -2.27. The fourth-order valence-corrected chi connectivity index (χ4v) is 4.51. The average molecular weight is 449 g/mol. The van der Waals surface area contributed by atoms with Gasteiger partial charge < -0.3 is 5.32 Å². The van der Waals surface area contributed by atoms with Crippen LogP contribution in [-0.2, 0) is 10.0 Å². The number of hydrogen-bond acceptors (Lipinski definition) is 3. The molecule has 0 fully saturated rings. The van der Waals surface area contributed by atoms with Crippen molar-refractivity contribution in [3.63, 3.8) is 0 Å². The van der Waals surface area contributed by atoms with Crippen LogP contribution in [0.3, 0.4) is 0 Å². The van der Waals surface area contributed by atoms with Gasteiger partial charge in [0.05, 0.1) is 10.6 Å². The molecule has 3 aromatic carbocycles. The monoisotopic (exact) mass is 448 g/mol. The van der Waals surface area contributed by atoms with Crippen molar-refractivity contribution in [1.82, 2.24) is 0 Å². The maximum absolute atomic E-state index is 13.0. The minimum atomic E-state index is -3.84. The van der Waals surface area contributed by atoms with Gasteiger partial charge >= 0.3 is 0 Å². The normalized spacial score (nSPS) is 11.2. The number of hydrogen-bond donors (Lipinski definition) is 1. The third kappa shape index (κ3) is 4.90. The van der Waals surface area contributed by atoms with E-state index in [1.807, 2.05) is 13.0 Å². The maximum Gasteiger partial charge on any atom is 0.264 e. The third-order valence-corrected chi connectivity index (χ3v) is 6.46. The maximum atomic E-state index is 13.0. The molecule has 1 amide bonds. The second-order valence-corrected chi connectivity index (χ2v) is 9.29. The summed E-state index contributed by atoms with van der Waals surface area (Å²) in [6.45, 7) is 1.89. The average Bonchev–Trinajstić information content (AvgIpc) is 2.66. The second-order valence-electron chi connectivity index (χ2n) is 6.45. The number of nitrogens with zero attached hydrogens (tertiary/aromatic N) is 1. The number of halogens is 2. The summed E-state index contributed by atoms with van der Waals surface area (Å²) in [7, 11) is -2.36. The molecule has 0 saturated carbocycles. The van der Waals surface area contributed by atoms with Gasteiger partial charge in [-0.1, -0.05) is 41.4 Å². The lowest BCUT2D eigenvalue weighted by molar-refractivity contribution is 0.102. The smallest absolute Gasteiger partial charge is 0.264 e. The van der Waals surface area contributed by atoms with Crippen LogP contribution in [0, 0.1) is 6.92 Å². The second kappa shape index (κ2) is 8.45. The number of sulfonamides is 1. The molecule has 0 aliphatic rings. The van der Waals surface area contributed by atoms with Crippen LogP contribution in [0.5, 0.6) is 0 Å². The molecule has 0 heterocycles. The predicted octanol–water partition coefficient (Wildman–Crippen LogP) is 5.38. The molecule has 3 aromatic rings. The molecule has 8 heteroatoms. The molecule has 150 valence electrons. The van der Waals surface area contributed by atoms with E-state index < -0.39 is 15.9 Å². The zero-order chi connectivity index (χ0) is 21.2. The Morgan fingerprint density at radius 2 is 1.59 bits per heavy atom. The van der Waals surface area contributed by atoms with Crippen LogP contribution >= 0.6 is 23.2 Å². The summed E-state index contributed by atoms with van der Waals surface area (Å²) in [6, 6.07) is 17.7. The van der Waals surface area contributed by atoms with Crippen LogP contribution in [0.1, 0.15) is 15.9 Å². The van der Waals surface area contributed by atoms with Crippen molar-refractivity contribution >= 4 is 50.5 Å². The Hall–Kier alpha value is -2.54. The fraction of sp³-hybridized carbons (Fsp3) is 0.0952. The van der Waals surface area contributed by atoms with Crippen LogP contribution in [0.25, 0.3) is 0 Å². The summed E-state index contributed by atoms with van der Waals surface area (Å²) < 4.78 is 27.2. The molecule has 0 aromatic heterocycles. The molecule has 0 saturated heterocycles. The first-order valence-corrected chi connectivity index (χ1v) is 10.8. The van der Waals surface area contributed by atoms with Crippen molar-refractivity contribution in [1.29, 1.82) is 0 Å². The van der Waals surface area contributed by atoms with E-state index in [0.29, 0.717) is 21.4 Å². The van der Waals surface area contributed by atoms with Crippen molar-refractivity contribution < 1.29 is 13.2 Å². The predicted molar refractivity (Wildman–Crippen MR) is 118 cm³/mol. The van der Waals surface area contributed by atoms with E-state index in [1.54, 1.807) is 36.4 Å². The molecule has 0 atom stereocenters. The van der Waals surface area contributed by atoms with Crippen molar-refractivity contribution in [3.8, 4) is 0 Å². The summed E-state index contributed by atoms with van der Waals surface area (Å²) in [5.74, 6) is -0.474. The zero-order valence-corrected chi connectivity index (χ0v) is 18.0. The number of aryl methyl sites for hydroxylation is 1. The Labute approximate surface area is 179 Å². The van der Waals surface area contributed by atoms with Gasteiger partial charge in [0.2, 0.25) is 0 Å². The quantitative estimate of drug-likeness (QED) is 0.569. The van der Waals surface area contributed by atoms with Gasteiger partial charge in [-0.15, -0.1) is 0 Å². The van der Waals surface area contributed by atoms with E-state index in [0.717, 1.165) is 5.56 Å². The molecule has 0 bridgehead atoms. The number of rotatable bonds is 5. The zero-order valence-electron chi connectivity index (χ0n) is 15.7. The largest absolute Gasteiger partial charge is 0.322 e. The Morgan fingerprint density at radius 3 is 2.24 bits per heavy atom. The van der Waals surface area contributed by atoms with E-state index in [1.165, 1.54) is 35.6 Å². The van der Waals surface area contributed by atoms with Crippen LogP contribution in [0.4, 0.5) is 11.4 Å². The van der Waals surface area contributed by atoms with Gasteiger partial charge in [-0.3, -0.25) is 9.10 Å². The Kier molecular flexibility index (Phi) is 6.17. The van der Waals surface area contributed by atoms with Crippen molar-refractivity contribution in [3.05, 3.63) is 87.9 Å². The summed E-state index contributed by atoms with van der Waals surface area (Å²) in [5.41, 5.74) is 2.09. The van der Waals surface area contributed by atoms with Gasteiger partial charge in [-0.25, -0.2) is 8.42 Å². The van der Waals surface area contributed by atoms with Crippen molar-refractivity contribution in [2.45, 2.75) is 11.8 Å². The van der Waals surface area contributed by atoms with Crippen molar-refractivity contribution in [2.24, 2.45) is 0 Å². The fourth-order valence-electron chi connectivity index (χ4n) is 2.75. The summed E-state index contributed by atoms with van der Waals surface area (Å²) >= 11 is 11.9. The molecule has 0 unspecified atom stereocenters. The van der Waals surface area contributed by atoms with Gasteiger partial charge in [0.25, 0.3) is 15.9 Å². The van der Waals surface area contributed by atoms with E-state index in [-0.39, 0.29) is 10.5 Å². The highest BCUT2D eigenvalue weighted by molar-refractivity contribution is 7.92. The molecule has 1 N–H and O–H groups in total.